The van der Waals surface area contributed by atoms with E-state index in [0.29, 0.717) is 0 Å². The van der Waals surface area contributed by atoms with Crippen LogP contribution in [0.4, 0.5) is 0 Å². The molecule has 0 spiro atoms. The molecule has 0 saturated heterocycles. The highest BCUT2D eigenvalue weighted by Gasteiger charge is 2.29. The third-order valence-electron chi connectivity index (χ3n) is 1.77. The fourth-order valence-electron chi connectivity index (χ4n) is 1.06. The van der Waals surface area contributed by atoms with Crippen LogP contribution in [0.5, 0.6) is 0 Å². The van der Waals surface area contributed by atoms with Gasteiger partial charge in [0.15, 0.2) is 0 Å². The Morgan fingerprint density at radius 3 is 2.62 bits per heavy atom. The molecule has 0 aliphatic heterocycles. The van der Waals surface area contributed by atoms with Gasteiger partial charge < -0.3 is 4.74 Å². The average Bonchev–Trinajstić information content (AvgIpc) is 2.27. The molecule has 0 aliphatic rings. The van der Waals surface area contributed by atoms with E-state index >= 15 is 0 Å². The molecule has 0 aromatic carbocycles. The van der Waals surface area contributed by atoms with Crippen molar-refractivity contribution in [1.82, 2.24) is 9.71 Å². The van der Waals surface area contributed by atoms with Crippen LogP contribution in [0, 0.1) is 0 Å². The first-order valence-electron chi connectivity index (χ1n) is 4.48. The van der Waals surface area contributed by atoms with E-state index in [1.54, 1.807) is 12.1 Å². The summed E-state index contributed by atoms with van der Waals surface area (Å²) in [5.41, 5.74) is -1.26. The lowest BCUT2D eigenvalue weighted by atomic mass is 10.4. The zero-order chi connectivity index (χ0) is 12.2. The highest BCUT2D eigenvalue weighted by atomic mass is 32.2. The number of sulfonamides is 1. The number of ether oxygens (including phenoxy) is 1. The first kappa shape index (κ1) is 12.6. The standard InChI is InChI=1S/C9H12N2O4S/c1-7(12)15-9(16(13,14)10-2)8-5-3-4-6-11-8/h3-6,9-10H,1-2H3. The third kappa shape index (κ3) is 3.01. The van der Waals surface area contributed by atoms with Gasteiger partial charge in [-0.3, -0.25) is 9.78 Å². The van der Waals surface area contributed by atoms with Crippen molar-refractivity contribution in [2.45, 2.75) is 12.4 Å². The van der Waals surface area contributed by atoms with Gasteiger partial charge in [-0.1, -0.05) is 6.07 Å². The Balaban J connectivity index is 3.12. The number of carbonyl (C=O) groups is 1. The summed E-state index contributed by atoms with van der Waals surface area (Å²) in [5.74, 6) is -0.686. The van der Waals surface area contributed by atoms with Crippen molar-refractivity contribution in [3.63, 3.8) is 0 Å². The Bertz CT molecular complexity index is 458. The minimum atomic E-state index is -3.76. The topological polar surface area (TPSA) is 85.4 Å². The van der Waals surface area contributed by atoms with Crippen molar-refractivity contribution >= 4 is 16.0 Å². The number of rotatable bonds is 4. The highest BCUT2D eigenvalue weighted by molar-refractivity contribution is 7.89. The van der Waals surface area contributed by atoms with Gasteiger partial charge in [-0.25, -0.2) is 13.1 Å². The summed E-state index contributed by atoms with van der Waals surface area (Å²) in [6.07, 6.45) is 1.43. The van der Waals surface area contributed by atoms with E-state index in [-0.39, 0.29) is 5.69 Å². The lowest BCUT2D eigenvalue weighted by Crippen LogP contribution is -2.29. The van der Waals surface area contributed by atoms with Crippen LogP contribution in [-0.4, -0.2) is 26.4 Å². The van der Waals surface area contributed by atoms with Crippen molar-refractivity contribution < 1.29 is 17.9 Å². The quantitative estimate of drug-likeness (QED) is 0.764. The van der Waals surface area contributed by atoms with Crippen LogP contribution >= 0.6 is 0 Å². The number of pyridine rings is 1. The van der Waals surface area contributed by atoms with Gasteiger partial charge in [-0.15, -0.1) is 0 Å². The predicted octanol–water partition coefficient (Wildman–Crippen LogP) is 0.192. The van der Waals surface area contributed by atoms with Crippen LogP contribution < -0.4 is 4.72 Å². The number of carbonyl (C=O) groups excluding carboxylic acids is 1. The summed E-state index contributed by atoms with van der Waals surface area (Å²) in [6.45, 7) is 1.14. The molecule has 0 saturated carbocycles. The van der Waals surface area contributed by atoms with Gasteiger partial charge in [-0.2, -0.15) is 0 Å². The molecule has 1 N–H and O–H groups in total. The molecule has 0 aliphatic carbocycles. The molecule has 6 nitrogen and oxygen atoms in total. The van der Waals surface area contributed by atoms with Crippen molar-refractivity contribution in [3.8, 4) is 0 Å². The van der Waals surface area contributed by atoms with E-state index in [1.807, 2.05) is 0 Å². The Kier molecular flexibility index (Phi) is 3.97. The Hall–Kier alpha value is -1.47. The van der Waals surface area contributed by atoms with Crippen molar-refractivity contribution in [1.29, 1.82) is 0 Å². The Morgan fingerprint density at radius 2 is 2.19 bits per heavy atom. The molecule has 1 unspecified atom stereocenters. The van der Waals surface area contributed by atoms with Gasteiger partial charge in [0, 0.05) is 13.1 Å². The number of esters is 1. The lowest BCUT2D eigenvalue weighted by Gasteiger charge is -2.15. The van der Waals surface area contributed by atoms with Crippen LogP contribution in [0.15, 0.2) is 24.4 Å². The SMILES string of the molecule is CNS(=O)(=O)C(OC(C)=O)c1ccccn1. The maximum Gasteiger partial charge on any atom is 0.304 e. The molecule has 1 rings (SSSR count). The van der Waals surface area contributed by atoms with E-state index in [9.17, 15) is 13.2 Å². The van der Waals surface area contributed by atoms with Crippen LogP contribution in [0.2, 0.25) is 0 Å². The van der Waals surface area contributed by atoms with Gasteiger partial charge in [-0.05, 0) is 19.2 Å². The third-order valence-corrected chi connectivity index (χ3v) is 3.24. The molecule has 7 heteroatoms. The maximum absolute atomic E-state index is 11.6. The van der Waals surface area contributed by atoms with E-state index < -0.39 is 21.4 Å². The molecule has 0 amide bonds. The van der Waals surface area contributed by atoms with Crippen LogP contribution in [0.25, 0.3) is 0 Å². The summed E-state index contributed by atoms with van der Waals surface area (Å²) in [7, 11) is -2.52. The van der Waals surface area contributed by atoms with Crippen LogP contribution in [0.3, 0.4) is 0 Å². The molecular formula is C9H12N2O4S. The summed E-state index contributed by atoms with van der Waals surface area (Å²) in [5, 5.41) is 0. The second-order valence-corrected chi connectivity index (χ2v) is 4.87. The van der Waals surface area contributed by atoms with E-state index in [0.717, 1.165) is 6.92 Å². The number of nitrogens with one attached hydrogen (secondary N) is 1. The van der Waals surface area contributed by atoms with Crippen molar-refractivity contribution in [3.05, 3.63) is 30.1 Å². The van der Waals surface area contributed by atoms with Crippen molar-refractivity contribution in [2.75, 3.05) is 7.05 Å². The zero-order valence-corrected chi connectivity index (χ0v) is 9.69. The molecule has 0 fully saturated rings. The molecule has 1 atom stereocenters. The minimum absolute atomic E-state index is 0.159. The summed E-state index contributed by atoms with van der Waals surface area (Å²) >= 11 is 0. The average molecular weight is 244 g/mol. The zero-order valence-electron chi connectivity index (χ0n) is 8.88. The first-order chi connectivity index (χ1) is 7.47. The second kappa shape index (κ2) is 5.04. The Labute approximate surface area is 93.7 Å². The highest BCUT2D eigenvalue weighted by Crippen LogP contribution is 2.20. The van der Waals surface area contributed by atoms with E-state index in [4.69, 9.17) is 4.74 Å². The van der Waals surface area contributed by atoms with Gasteiger partial charge >= 0.3 is 5.97 Å². The molecule has 1 aromatic heterocycles. The number of nitrogens with zero attached hydrogens (tertiary/aromatic N) is 1. The molecule has 0 bridgehead atoms. The van der Waals surface area contributed by atoms with Gasteiger partial charge in [0.2, 0.25) is 0 Å². The molecule has 0 radical (unpaired) electrons. The number of aromatic nitrogens is 1. The monoisotopic (exact) mass is 244 g/mol. The summed E-state index contributed by atoms with van der Waals surface area (Å²) in [4.78, 5) is 14.7. The fourth-order valence-corrected chi connectivity index (χ4v) is 1.99. The van der Waals surface area contributed by atoms with Crippen LogP contribution in [0.1, 0.15) is 18.1 Å². The maximum atomic E-state index is 11.6. The Morgan fingerprint density at radius 1 is 1.50 bits per heavy atom. The van der Waals surface area contributed by atoms with E-state index in [1.165, 1.54) is 19.3 Å². The molecule has 1 heterocycles. The number of hydrogen-bond donors (Lipinski definition) is 1. The predicted molar refractivity (Wildman–Crippen MR) is 56.7 cm³/mol. The molecule has 16 heavy (non-hydrogen) atoms. The summed E-state index contributed by atoms with van der Waals surface area (Å²) < 4.78 is 30.1. The smallest absolute Gasteiger partial charge is 0.304 e. The van der Waals surface area contributed by atoms with Gasteiger partial charge in [0.05, 0.1) is 5.69 Å². The minimum Gasteiger partial charge on any atom is -0.438 e. The van der Waals surface area contributed by atoms with Crippen LogP contribution in [-0.2, 0) is 19.6 Å². The largest absolute Gasteiger partial charge is 0.438 e. The van der Waals surface area contributed by atoms with Gasteiger partial charge in [0.25, 0.3) is 15.5 Å². The van der Waals surface area contributed by atoms with Crippen molar-refractivity contribution in [2.24, 2.45) is 0 Å². The lowest BCUT2D eigenvalue weighted by molar-refractivity contribution is -0.143. The fraction of sp³-hybridized carbons (Fsp3) is 0.333. The molecule has 88 valence electrons. The number of hydrogen-bond acceptors (Lipinski definition) is 5. The normalized spacial score (nSPS) is 13.1. The van der Waals surface area contributed by atoms with E-state index in [2.05, 4.69) is 9.71 Å². The first-order valence-corrected chi connectivity index (χ1v) is 6.02. The molecular weight excluding hydrogens is 232 g/mol. The van der Waals surface area contributed by atoms with Gasteiger partial charge in [0.1, 0.15) is 0 Å². The summed E-state index contributed by atoms with van der Waals surface area (Å²) in [6, 6.07) is 4.73. The molecule has 1 aromatic rings. The second-order valence-electron chi connectivity index (χ2n) is 2.95.